The number of rotatable bonds is 6. The Balaban J connectivity index is 1.37. The minimum absolute atomic E-state index is 0.183. The number of ether oxygens (including phenoxy) is 1. The van der Waals surface area contributed by atoms with Crippen molar-refractivity contribution in [3.8, 4) is 5.75 Å². The lowest BCUT2D eigenvalue weighted by Gasteiger charge is -2.27. The lowest BCUT2D eigenvalue weighted by atomic mass is 10.3. The molecule has 1 aliphatic heterocycles. The fraction of sp³-hybridized carbons (Fsp3) is 0.200. The Morgan fingerprint density at radius 3 is 2.73 bits per heavy atom. The molecule has 0 aliphatic carbocycles. The number of aromatic hydroxyl groups is 1. The standard InChI is InChI=1S/C20H20FN7O2/c21-18-13-23-20(26-19(18)28-6-8-30-9-7-28)27-24-12-15-4-5-16(11-22-15)25-14-2-1-3-17(29)10-14/h1-5,10-13,25,29H,6-9H2,(H,23,26,27)/b24-12+. The number of anilines is 4. The molecule has 1 aromatic carbocycles. The second-order valence-electron chi connectivity index (χ2n) is 6.48. The van der Waals surface area contributed by atoms with Gasteiger partial charge in [0, 0.05) is 24.8 Å². The monoisotopic (exact) mass is 409 g/mol. The topological polar surface area (TPSA) is 108 Å². The number of morpholine rings is 1. The average Bonchev–Trinajstić information content (AvgIpc) is 2.77. The van der Waals surface area contributed by atoms with Crippen LogP contribution in [0.5, 0.6) is 5.75 Å². The first-order chi connectivity index (χ1) is 14.7. The van der Waals surface area contributed by atoms with Crippen LogP contribution in [0.2, 0.25) is 0 Å². The summed E-state index contributed by atoms with van der Waals surface area (Å²) in [5, 5.41) is 16.7. The van der Waals surface area contributed by atoms with Crippen molar-refractivity contribution in [2.45, 2.75) is 0 Å². The Bertz CT molecular complexity index is 1020. The van der Waals surface area contributed by atoms with E-state index in [0.29, 0.717) is 32.0 Å². The van der Waals surface area contributed by atoms with Gasteiger partial charge >= 0.3 is 0 Å². The van der Waals surface area contributed by atoms with Crippen molar-refractivity contribution in [3.63, 3.8) is 0 Å². The van der Waals surface area contributed by atoms with Gasteiger partial charge in [0.05, 0.1) is 43.2 Å². The van der Waals surface area contributed by atoms with Gasteiger partial charge in [-0.1, -0.05) is 6.07 Å². The number of halogens is 1. The fourth-order valence-corrected chi connectivity index (χ4v) is 2.87. The van der Waals surface area contributed by atoms with E-state index in [0.717, 1.165) is 17.6 Å². The lowest BCUT2D eigenvalue weighted by molar-refractivity contribution is 0.122. The highest BCUT2D eigenvalue weighted by Gasteiger charge is 2.17. The molecule has 0 unspecified atom stereocenters. The van der Waals surface area contributed by atoms with Crippen LogP contribution >= 0.6 is 0 Å². The smallest absolute Gasteiger partial charge is 0.245 e. The van der Waals surface area contributed by atoms with E-state index in [9.17, 15) is 9.50 Å². The van der Waals surface area contributed by atoms with Crippen LogP contribution in [-0.4, -0.2) is 52.6 Å². The molecule has 30 heavy (non-hydrogen) atoms. The van der Waals surface area contributed by atoms with Gasteiger partial charge in [0.1, 0.15) is 5.75 Å². The number of hydrogen-bond acceptors (Lipinski definition) is 9. The summed E-state index contributed by atoms with van der Waals surface area (Å²) in [4.78, 5) is 14.2. The van der Waals surface area contributed by atoms with Crippen molar-refractivity contribution < 1.29 is 14.2 Å². The summed E-state index contributed by atoms with van der Waals surface area (Å²) < 4.78 is 19.3. The molecule has 1 saturated heterocycles. The van der Waals surface area contributed by atoms with Crippen LogP contribution in [-0.2, 0) is 4.74 Å². The molecule has 4 rings (SSSR count). The van der Waals surface area contributed by atoms with Crippen LogP contribution < -0.4 is 15.6 Å². The minimum Gasteiger partial charge on any atom is -0.508 e. The number of hydrogen-bond donors (Lipinski definition) is 3. The van der Waals surface area contributed by atoms with Crippen LogP contribution in [0.25, 0.3) is 0 Å². The van der Waals surface area contributed by atoms with Crippen molar-refractivity contribution in [1.82, 2.24) is 15.0 Å². The Kier molecular flexibility index (Phi) is 5.95. The predicted molar refractivity (Wildman–Crippen MR) is 112 cm³/mol. The van der Waals surface area contributed by atoms with E-state index in [1.165, 1.54) is 6.21 Å². The summed E-state index contributed by atoms with van der Waals surface area (Å²) in [7, 11) is 0. The molecule has 0 atom stereocenters. The predicted octanol–water partition coefficient (Wildman–Crippen LogP) is 2.74. The number of nitrogens with zero attached hydrogens (tertiary/aromatic N) is 5. The zero-order valence-electron chi connectivity index (χ0n) is 16.0. The molecule has 1 fully saturated rings. The van der Waals surface area contributed by atoms with Crippen LogP contribution in [0.3, 0.4) is 0 Å². The Morgan fingerprint density at radius 1 is 1.10 bits per heavy atom. The summed E-state index contributed by atoms with van der Waals surface area (Å²) in [6, 6.07) is 10.4. The molecule has 0 radical (unpaired) electrons. The largest absolute Gasteiger partial charge is 0.508 e. The van der Waals surface area contributed by atoms with E-state index in [2.05, 4.69) is 30.8 Å². The number of nitrogens with one attached hydrogen (secondary N) is 2. The zero-order chi connectivity index (χ0) is 20.8. The minimum atomic E-state index is -0.483. The third-order valence-corrected chi connectivity index (χ3v) is 4.32. The van der Waals surface area contributed by atoms with Gasteiger partial charge in [0.15, 0.2) is 11.6 Å². The van der Waals surface area contributed by atoms with Crippen molar-refractivity contribution >= 4 is 29.4 Å². The zero-order valence-corrected chi connectivity index (χ0v) is 16.0. The molecule has 0 spiro atoms. The molecule has 0 saturated carbocycles. The number of pyridine rings is 1. The molecule has 10 heteroatoms. The quantitative estimate of drug-likeness (QED) is 0.421. The van der Waals surface area contributed by atoms with Crippen molar-refractivity contribution in [2.24, 2.45) is 5.10 Å². The highest BCUT2D eigenvalue weighted by atomic mass is 19.1. The summed E-state index contributed by atoms with van der Waals surface area (Å²) in [5.41, 5.74) is 4.83. The molecular weight excluding hydrogens is 389 g/mol. The van der Waals surface area contributed by atoms with Crippen LogP contribution in [0, 0.1) is 5.82 Å². The molecule has 9 nitrogen and oxygen atoms in total. The maximum absolute atomic E-state index is 14.1. The molecule has 3 N–H and O–H groups in total. The van der Waals surface area contributed by atoms with E-state index in [1.54, 1.807) is 30.5 Å². The maximum atomic E-state index is 14.1. The second kappa shape index (κ2) is 9.14. The summed E-state index contributed by atoms with van der Waals surface area (Å²) in [5.74, 6) is 0.119. The van der Waals surface area contributed by atoms with Gasteiger partial charge in [-0.05, 0) is 24.3 Å². The second-order valence-corrected chi connectivity index (χ2v) is 6.48. The van der Waals surface area contributed by atoms with E-state index in [-0.39, 0.29) is 17.5 Å². The van der Waals surface area contributed by atoms with E-state index >= 15 is 0 Å². The number of aromatic nitrogens is 3. The van der Waals surface area contributed by atoms with Gasteiger partial charge in [-0.15, -0.1) is 0 Å². The van der Waals surface area contributed by atoms with E-state index in [1.807, 2.05) is 17.0 Å². The van der Waals surface area contributed by atoms with Gasteiger partial charge in [-0.25, -0.2) is 14.8 Å². The fourth-order valence-electron chi connectivity index (χ4n) is 2.87. The number of hydrazone groups is 1. The van der Waals surface area contributed by atoms with Crippen LogP contribution in [0.4, 0.5) is 27.5 Å². The summed E-state index contributed by atoms with van der Waals surface area (Å²) in [6.45, 7) is 2.21. The third kappa shape index (κ3) is 4.97. The number of phenols is 1. The van der Waals surface area contributed by atoms with Crippen molar-refractivity contribution in [1.29, 1.82) is 0 Å². The normalized spacial score (nSPS) is 14.1. The first-order valence-electron chi connectivity index (χ1n) is 9.34. The first kappa shape index (κ1) is 19.5. The Labute approximate surface area is 172 Å². The van der Waals surface area contributed by atoms with Gasteiger partial charge in [-0.3, -0.25) is 4.98 Å². The van der Waals surface area contributed by atoms with Gasteiger partial charge in [0.2, 0.25) is 5.95 Å². The van der Waals surface area contributed by atoms with Crippen molar-refractivity contribution in [2.75, 3.05) is 41.9 Å². The van der Waals surface area contributed by atoms with Gasteiger partial charge in [0.25, 0.3) is 0 Å². The van der Waals surface area contributed by atoms with Gasteiger partial charge < -0.3 is 20.1 Å². The van der Waals surface area contributed by atoms with Crippen LogP contribution in [0.1, 0.15) is 5.69 Å². The number of benzene rings is 1. The molecule has 1 aliphatic rings. The molecule has 2 aromatic heterocycles. The van der Waals surface area contributed by atoms with E-state index < -0.39 is 5.82 Å². The number of phenolic OH excluding ortho intramolecular Hbond substituents is 1. The Hall–Kier alpha value is -3.79. The maximum Gasteiger partial charge on any atom is 0.245 e. The molecule has 3 aromatic rings. The molecule has 0 amide bonds. The first-order valence-corrected chi connectivity index (χ1v) is 9.34. The van der Waals surface area contributed by atoms with E-state index in [4.69, 9.17) is 4.74 Å². The third-order valence-electron chi connectivity index (χ3n) is 4.32. The molecular formula is C20H20FN7O2. The molecule has 154 valence electrons. The lowest BCUT2D eigenvalue weighted by Crippen LogP contribution is -2.37. The highest BCUT2D eigenvalue weighted by Crippen LogP contribution is 2.20. The summed E-state index contributed by atoms with van der Waals surface area (Å²) in [6.07, 6.45) is 4.28. The SMILES string of the molecule is Oc1cccc(Nc2ccc(/C=N/Nc3ncc(F)c(N4CCOCC4)n3)nc2)c1. The summed E-state index contributed by atoms with van der Waals surface area (Å²) >= 11 is 0. The average molecular weight is 409 g/mol. The Morgan fingerprint density at radius 2 is 1.97 bits per heavy atom. The van der Waals surface area contributed by atoms with Gasteiger partial charge in [-0.2, -0.15) is 10.1 Å². The van der Waals surface area contributed by atoms with Crippen molar-refractivity contribution in [3.05, 3.63) is 60.3 Å². The molecule has 0 bridgehead atoms. The molecule has 3 heterocycles. The highest BCUT2D eigenvalue weighted by molar-refractivity contribution is 5.78. The van der Waals surface area contributed by atoms with Crippen LogP contribution in [0.15, 0.2) is 53.9 Å².